The first-order valence-electron chi connectivity index (χ1n) is 13.8. The molecule has 0 bridgehead atoms. The Morgan fingerprint density at radius 1 is 0.929 bits per heavy atom. The summed E-state index contributed by atoms with van der Waals surface area (Å²) >= 11 is 3.00. The molecule has 2 aromatic carbocycles. The molecular formula is C30H41N5O5S2. The van der Waals surface area contributed by atoms with Crippen LogP contribution in [-0.4, -0.2) is 73.9 Å². The minimum atomic E-state index is -1.05. The van der Waals surface area contributed by atoms with Crippen LogP contribution in [0.2, 0.25) is 0 Å². The molecule has 1 saturated heterocycles. The zero-order valence-corrected chi connectivity index (χ0v) is 26.0. The molecule has 1 heterocycles. The fourth-order valence-electron chi connectivity index (χ4n) is 4.70. The fourth-order valence-corrected chi connectivity index (χ4v) is 7.10. The quantitative estimate of drug-likeness (QED) is 0.271. The first-order valence-corrected chi connectivity index (χ1v) is 15.7. The first-order chi connectivity index (χ1) is 19.7. The van der Waals surface area contributed by atoms with Crippen molar-refractivity contribution in [3.05, 3.63) is 65.7 Å². The summed E-state index contributed by atoms with van der Waals surface area (Å²) in [7, 11) is 0. The number of hydrogen-bond donors (Lipinski definition) is 6. The van der Waals surface area contributed by atoms with E-state index in [4.69, 9.17) is 11.5 Å². The number of carbonyl (C=O) groups is 4. The molecule has 0 saturated carbocycles. The smallest absolute Gasteiger partial charge is 0.244 e. The van der Waals surface area contributed by atoms with E-state index in [-0.39, 0.29) is 18.6 Å². The Balaban J connectivity index is 1.92. The Morgan fingerprint density at radius 3 is 2.12 bits per heavy atom. The van der Waals surface area contributed by atoms with Gasteiger partial charge in [-0.2, -0.15) is 23.5 Å². The van der Waals surface area contributed by atoms with E-state index in [2.05, 4.69) is 16.0 Å². The molecule has 1 unspecified atom stereocenters. The summed E-state index contributed by atoms with van der Waals surface area (Å²) in [5.74, 6) is -0.965. The summed E-state index contributed by atoms with van der Waals surface area (Å²) in [4.78, 5) is 53.2. The number of primary amides is 1. The summed E-state index contributed by atoms with van der Waals surface area (Å²) in [6.45, 7) is 7.43. The number of carbonyl (C=O) groups excluding carboxylic acids is 4. The molecule has 0 radical (unpaired) electrons. The van der Waals surface area contributed by atoms with Crippen LogP contribution in [0.4, 0.5) is 0 Å². The second-order valence-corrected chi connectivity index (χ2v) is 14.9. The van der Waals surface area contributed by atoms with E-state index in [1.165, 1.54) is 35.7 Å². The van der Waals surface area contributed by atoms with Crippen molar-refractivity contribution in [2.24, 2.45) is 11.5 Å². The first kappa shape index (κ1) is 33.3. The lowest BCUT2D eigenvalue weighted by Crippen LogP contribution is -2.63. The largest absolute Gasteiger partial charge is 0.508 e. The summed E-state index contributed by atoms with van der Waals surface area (Å²) in [6, 6.07) is 11.6. The number of amides is 4. The molecule has 0 aliphatic carbocycles. The maximum absolute atomic E-state index is 13.9. The highest BCUT2D eigenvalue weighted by molar-refractivity contribution is 8.04. The van der Waals surface area contributed by atoms with Crippen molar-refractivity contribution < 1.29 is 24.3 Å². The monoisotopic (exact) mass is 615 g/mol. The summed E-state index contributed by atoms with van der Waals surface area (Å²) in [5, 5.41) is 18.0. The average Bonchev–Trinajstić information content (AvgIpc) is 2.93. The second kappa shape index (κ2) is 14.3. The van der Waals surface area contributed by atoms with Crippen LogP contribution in [0.3, 0.4) is 0 Å². The van der Waals surface area contributed by atoms with Crippen molar-refractivity contribution in [3.63, 3.8) is 0 Å². The van der Waals surface area contributed by atoms with Gasteiger partial charge in [0.1, 0.15) is 23.9 Å². The van der Waals surface area contributed by atoms with E-state index in [0.29, 0.717) is 11.5 Å². The van der Waals surface area contributed by atoms with E-state index >= 15 is 0 Å². The van der Waals surface area contributed by atoms with Gasteiger partial charge in [0.2, 0.25) is 23.6 Å². The molecule has 3 rings (SSSR count). The molecule has 12 heteroatoms. The van der Waals surface area contributed by atoms with Crippen molar-refractivity contribution in [1.29, 1.82) is 0 Å². The van der Waals surface area contributed by atoms with E-state index in [0.717, 1.165) is 11.1 Å². The van der Waals surface area contributed by atoms with Gasteiger partial charge in [-0.25, -0.2) is 0 Å². The number of phenolic OH excluding ortho intramolecular Hbond substituents is 1. The molecule has 42 heavy (non-hydrogen) atoms. The molecule has 4 amide bonds. The molecule has 2 aromatic rings. The van der Waals surface area contributed by atoms with Gasteiger partial charge in [-0.05, 0) is 57.4 Å². The number of nitrogens with two attached hydrogens (primary N) is 2. The van der Waals surface area contributed by atoms with Gasteiger partial charge in [-0.3, -0.25) is 19.2 Å². The van der Waals surface area contributed by atoms with Crippen molar-refractivity contribution in [2.45, 2.75) is 74.2 Å². The molecule has 228 valence electrons. The van der Waals surface area contributed by atoms with Crippen molar-refractivity contribution in [2.75, 3.05) is 11.5 Å². The molecule has 1 fully saturated rings. The van der Waals surface area contributed by atoms with Gasteiger partial charge < -0.3 is 32.5 Å². The predicted molar refractivity (Wildman–Crippen MR) is 168 cm³/mol. The van der Waals surface area contributed by atoms with Gasteiger partial charge in [0.15, 0.2) is 0 Å². The van der Waals surface area contributed by atoms with Gasteiger partial charge >= 0.3 is 0 Å². The molecule has 4 atom stereocenters. The van der Waals surface area contributed by atoms with Crippen molar-refractivity contribution >= 4 is 47.2 Å². The van der Waals surface area contributed by atoms with Gasteiger partial charge in [0, 0.05) is 27.4 Å². The molecule has 8 N–H and O–H groups in total. The lowest BCUT2D eigenvalue weighted by Gasteiger charge is -2.35. The number of nitrogens with one attached hydrogen (secondary N) is 3. The topological polar surface area (TPSA) is 177 Å². The fraction of sp³-hybridized carbons (Fsp3) is 0.467. The molecule has 1 aliphatic heterocycles. The standard InChI is InChI=1S/C30H41N5O5S2/c1-29(2)23(25(32)37)34-27(39)22(17-18-8-6-5-7-9-18)33-28(40)24(30(3,4)42-15-14-41-29)35-26(38)21(31)16-19-10-12-20(36)13-11-19/h5-13,21-24,36H,14-17,31H2,1-4H3,(H2,32,37)(H,33,40)(H,34,39)(H,35,38)/t21-,22-,23-,24?/m0/s1. The highest BCUT2D eigenvalue weighted by Crippen LogP contribution is 2.34. The van der Waals surface area contributed by atoms with Gasteiger partial charge in [0.25, 0.3) is 0 Å². The number of aromatic hydroxyl groups is 1. The number of rotatable bonds is 7. The number of phenols is 1. The Bertz CT molecular complexity index is 1260. The average molecular weight is 616 g/mol. The Kier molecular flexibility index (Phi) is 11.3. The molecular weight excluding hydrogens is 574 g/mol. The van der Waals surface area contributed by atoms with Crippen LogP contribution in [0.1, 0.15) is 38.8 Å². The third-order valence-electron chi connectivity index (χ3n) is 7.19. The van der Waals surface area contributed by atoms with Gasteiger partial charge in [-0.15, -0.1) is 0 Å². The number of hydrogen-bond acceptors (Lipinski definition) is 8. The molecule has 0 spiro atoms. The lowest BCUT2D eigenvalue weighted by atomic mass is 9.98. The van der Waals surface area contributed by atoms with Crippen LogP contribution in [0.5, 0.6) is 5.75 Å². The Labute approximate surface area is 255 Å². The van der Waals surface area contributed by atoms with Crippen LogP contribution >= 0.6 is 23.5 Å². The number of benzene rings is 2. The van der Waals surface area contributed by atoms with E-state index in [1.54, 1.807) is 12.1 Å². The minimum absolute atomic E-state index is 0.106. The van der Waals surface area contributed by atoms with E-state index < -0.39 is 57.3 Å². The molecule has 1 aliphatic rings. The molecule has 0 aromatic heterocycles. The Hall–Kier alpha value is -3.22. The maximum atomic E-state index is 13.9. The van der Waals surface area contributed by atoms with Gasteiger partial charge in [0.05, 0.1) is 6.04 Å². The van der Waals surface area contributed by atoms with Crippen molar-refractivity contribution in [3.8, 4) is 5.75 Å². The van der Waals surface area contributed by atoms with Crippen molar-refractivity contribution in [1.82, 2.24) is 16.0 Å². The van der Waals surface area contributed by atoms with Gasteiger partial charge in [-0.1, -0.05) is 42.5 Å². The normalized spacial score (nSPS) is 23.6. The highest BCUT2D eigenvalue weighted by atomic mass is 32.2. The zero-order valence-electron chi connectivity index (χ0n) is 24.4. The summed E-state index contributed by atoms with van der Waals surface area (Å²) in [5.41, 5.74) is 13.5. The van der Waals surface area contributed by atoms with Crippen LogP contribution in [0.15, 0.2) is 54.6 Å². The minimum Gasteiger partial charge on any atom is -0.508 e. The summed E-state index contributed by atoms with van der Waals surface area (Å²) in [6.07, 6.45) is 0.360. The summed E-state index contributed by atoms with van der Waals surface area (Å²) < 4.78 is -1.50. The van der Waals surface area contributed by atoms with Crippen LogP contribution in [0, 0.1) is 0 Å². The Morgan fingerprint density at radius 2 is 1.52 bits per heavy atom. The van der Waals surface area contributed by atoms with Crippen LogP contribution in [-0.2, 0) is 32.0 Å². The number of thioether (sulfide) groups is 2. The zero-order chi connectivity index (χ0) is 31.1. The third-order valence-corrected chi connectivity index (χ3v) is 10.2. The highest BCUT2D eigenvalue weighted by Gasteiger charge is 2.42. The second-order valence-electron chi connectivity index (χ2n) is 11.4. The SMILES string of the molecule is CC1(C)SCCSC(C)(C)[C@H](C(N)=O)NC(=O)[C@H](Cc2ccccc2)NC(=O)C1NC(=O)[C@@H](N)Cc1ccc(O)cc1. The van der Waals surface area contributed by atoms with Crippen LogP contribution < -0.4 is 27.4 Å². The predicted octanol–water partition coefficient (Wildman–Crippen LogP) is 1.48. The van der Waals surface area contributed by atoms with Crippen LogP contribution in [0.25, 0.3) is 0 Å². The maximum Gasteiger partial charge on any atom is 0.244 e. The lowest BCUT2D eigenvalue weighted by molar-refractivity contribution is -0.134. The third kappa shape index (κ3) is 9.14. The van der Waals surface area contributed by atoms with E-state index in [1.807, 2.05) is 58.0 Å². The molecule has 10 nitrogen and oxygen atoms in total. The van der Waals surface area contributed by atoms with E-state index in [9.17, 15) is 24.3 Å².